The molecule has 0 aliphatic carbocycles. The van der Waals surface area contributed by atoms with Gasteiger partial charge in [0, 0.05) is 38.0 Å². The van der Waals surface area contributed by atoms with Gasteiger partial charge in [-0.15, -0.1) is 0 Å². The van der Waals surface area contributed by atoms with Crippen LogP contribution in [0.5, 0.6) is 0 Å². The number of hydrogen-bond donors (Lipinski definition) is 0. The Bertz CT molecular complexity index is 369. The van der Waals surface area contributed by atoms with E-state index in [9.17, 15) is 9.59 Å². The van der Waals surface area contributed by atoms with Crippen LogP contribution >= 0.6 is 0 Å². The third-order valence-electron chi connectivity index (χ3n) is 4.91. The molecule has 2 saturated heterocycles. The molecule has 2 amide bonds. The second-order valence-corrected chi connectivity index (χ2v) is 8.35. The van der Waals surface area contributed by atoms with E-state index >= 15 is 0 Å². The van der Waals surface area contributed by atoms with Crippen molar-refractivity contribution < 1.29 is 9.59 Å². The van der Waals surface area contributed by atoms with E-state index in [0.29, 0.717) is 48.6 Å². The van der Waals surface area contributed by atoms with Gasteiger partial charge < -0.3 is 9.80 Å². The van der Waals surface area contributed by atoms with Gasteiger partial charge in [-0.1, -0.05) is 35.1 Å². The molecule has 2 rings (SSSR count). The van der Waals surface area contributed by atoms with E-state index in [1.807, 2.05) is 9.80 Å². The second kappa shape index (κ2) is 11.5. The summed E-state index contributed by atoms with van der Waals surface area (Å²) in [5.41, 5.74) is 0. The van der Waals surface area contributed by atoms with Crippen molar-refractivity contribution in [3.05, 3.63) is 0 Å². The second-order valence-electron chi connectivity index (χ2n) is 8.35. The van der Waals surface area contributed by atoms with E-state index in [2.05, 4.69) is 41.5 Å². The van der Waals surface area contributed by atoms with E-state index in [1.165, 1.54) is 25.7 Å². The molecule has 4 heteroatoms. The van der Waals surface area contributed by atoms with Gasteiger partial charge in [0.2, 0.25) is 11.8 Å². The van der Waals surface area contributed by atoms with Crippen LogP contribution in [-0.2, 0) is 9.59 Å². The minimum absolute atomic E-state index is 0. The number of carbonyl (C=O) groups excluding carboxylic acids is 2. The Kier molecular flexibility index (Phi) is 11.0. The quantitative estimate of drug-likeness (QED) is 0.733. The zero-order valence-corrected chi connectivity index (χ0v) is 16.7. The Morgan fingerprint density at radius 1 is 0.800 bits per heavy atom. The van der Waals surface area contributed by atoms with Gasteiger partial charge >= 0.3 is 0 Å². The highest BCUT2D eigenvalue weighted by atomic mass is 16.2. The molecule has 2 fully saturated rings. The Hall–Kier alpha value is -1.06. The van der Waals surface area contributed by atoms with Crippen LogP contribution in [0.4, 0.5) is 0 Å². The zero-order chi connectivity index (χ0) is 18.3. The largest absolute Gasteiger partial charge is 0.340 e. The highest BCUT2D eigenvalue weighted by Gasteiger charge is 2.25. The fraction of sp³-hybridized carbons (Fsp3) is 0.905. The lowest BCUT2D eigenvalue weighted by molar-refractivity contribution is -0.133. The Morgan fingerprint density at radius 2 is 1.12 bits per heavy atom. The van der Waals surface area contributed by atoms with Crippen molar-refractivity contribution in [1.29, 1.82) is 0 Å². The number of nitrogens with zero attached hydrogens (tertiary/aromatic N) is 2. The maximum absolute atomic E-state index is 11.6. The molecule has 2 aliphatic rings. The molecule has 148 valence electrons. The molecular formula is C21H42N2O2. The van der Waals surface area contributed by atoms with Crippen LogP contribution in [0.1, 0.15) is 87.5 Å². The fourth-order valence-electron chi connectivity index (χ4n) is 3.54. The summed E-state index contributed by atoms with van der Waals surface area (Å²) >= 11 is 0. The van der Waals surface area contributed by atoms with Gasteiger partial charge in [0.25, 0.3) is 0 Å². The highest BCUT2D eigenvalue weighted by molar-refractivity contribution is 5.77. The Balaban J connectivity index is 0.000000443. The molecule has 2 unspecified atom stereocenters. The first-order valence-electron chi connectivity index (χ1n) is 9.81. The molecule has 0 aromatic rings. The Labute approximate surface area is 156 Å². The number of amides is 2. The van der Waals surface area contributed by atoms with E-state index in [0.717, 1.165) is 13.1 Å². The van der Waals surface area contributed by atoms with Gasteiger partial charge in [0.05, 0.1) is 0 Å². The number of likely N-dealkylation sites (tertiary alicyclic amines) is 2. The molecule has 0 N–H and O–H groups in total. The molecule has 0 bridgehead atoms. The molecule has 25 heavy (non-hydrogen) atoms. The minimum Gasteiger partial charge on any atom is -0.340 e. The monoisotopic (exact) mass is 354 g/mol. The summed E-state index contributed by atoms with van der Waals surface area (Å²) in [6.45, 7) is 14.6. The van der Waals surface area contributed by atoms with E-state index < -0.39 is 0 Å². The summed E-state index contributed by atoms with van der Waals surface area (Å²) < 4.78 is 0. The molecule has 2 heterocycles. The van der Waals surface area contributed by atoms with Gasteiger partial charge in [-0.3, -0.25) is 9.59 Å². The predicted octanol–water partition coefficient (Wildman–Crippen LogP) is 4.72. The third-order valence-corrected chi connectivity index (χ3v) is 4.91. The fourth-order valence-corrected chi connectivity index (χ4v) is 3.54. The molecule has 2 atom stereocenters. The molecule has 0 spiro atoms. The predicted molar refractivity (Wildman–Crippen MR) is 106 cm³/mol. The molecule has 0 aromatic carbocycles. The van der Waals surface area contributed by atoms with Gasteiger partial charge in [-0.25, -0.2) is 0 Å². The minimum atomic E-state index is 0. The third kappa shape index (κ3) is 8.24. The average Bonchev–Trinajstić information content (AvgIpc) is 3.06. The van der Waals surface area contributed by atoms with Crippen molar-refractivity contribution in [2.24, 2.45) is 11.8 Å². The first-order chi connectivity index (χ1) is 11.2. The zero-order valence-electron chi connectivity index (χ0n) is 16.7. The number of rotatable bonds is 4. The molecule has 0 radical (unpaired) electrons. The average molecular weight is 355 g/mol. The van der Waals surface area contributed by atoms with Gasteiger partial charge in [-0.2, -0.15) is 0 Å². The first kappa shape index (κ1) is 23.9. The van der Waals surface area contributed by atoms with Crippen LogP contribution < -0.4 is 0 Å². The summed E-state index contributed by atoms with van der Waals surface area (Å²) in [6.07, 6.45) is 6.17. The normalized spacial score (nSPS) is 22.7. The number of hydrogen-bond acceptors (Lipinski definition) is 2. The summed E-state index contributed by atoms with van der Waals surface area (Å²) in [5.74, 6) is 1.67. The lowest BCUT2D eigenvalue weighted by atomic mass is 10.1. The van der Waals surface area contributed by atoms with Crippen LogP contribution in [0.25, 0.3) is 0 Å². The van der Waals surface area contributed by atoms with Gasteiger partial charge in [0.1, 0.15) is 0 Å². The van der Waals surface area contributed by atoms with Crippen molar-refractivity contribution in [3.8, 4) is 0 Å². The number of carbonyl (C=O) groups is 2. The summed E-state index contributed by atoms with van der Waals surface area (Å²) in [4.78, 5) is 27.2. The van der Waals surface area contributed by atoms with Crippen LogP contribution in [0.15, 0.2) is 0 Å². The molecule has 0 aromatic heterocycles. The topological polar surface area (TPSA) is 40.6 Å². The standard InChI is InChI=1S/2C10H19NO.CH4/c2*1-8(2)7-10(12)11-6-4-5-9(11)3;/h2*8-9H,4-7H2,1-3H3;1H4. The van der Waals surface area contributed by atoms with Crippen molar-refractivity contribution >= 4 is 11.8 Å². The van der Waals surface area contributed by atoms with Crippen molar-refractivity contribution in [2.75, 3.05) is 13.1 Å². The van der Waals surface area contributed by atoms with Crippen molar-refractivity contribution in [3.63, 3.8) is 0 Å². The SMILES string of the molecule is C.CC(C)CC(=O)N1CCCC1C.CC(C)CC(=O)N1CCCC1C. The van der Waals surface area contributed by atoms with Crippen LogP contribution in [0, 0.1) is 11.8 Å². The van der Waals surface area contributed by atoms with Crippen molar-refractivity contribution in [2.45, 2.75) is 99.6 Å². The lowest BCUT2D eigenvalue weighted by Crippen LogP contribution is -2.34. The summed E-state index contributed by atoms with van der Waals surface area (Å²) in [7, 11) is 0. The van der Waals surface area contributed by atoms with Gasteiger partial charge in [0.15, 0.2) is 0 Å². The lowest BCUT2D eigenvalue weighted by Gasteiger charge is -2.22. The van der Waals surface area contributed by atoms with Gasteiger partial charge in [-0.05, 0) is 51.4 Å². The maximum atomic E-state index is 11.6. The summed E-state index contributed by atoms with van der Waals surface area (Å²) in [5, 5.41) is 0. The van der Waals surface area contributed by atoms with Crippen LogP contribution in [-0.4, -0.2) is 46.8 Å². The van der Waals surface area contributed by atoms with E-state index in [4.69, 9.17) is 0 Å². The first-order valence-corrected chi connectivity index (χ1v) is 9.81. The molecule has 4 nitrogen and oxygen atoms in total. The molecule has 0 saturated carbocycles. The van der Waals surface area contributed by atoms with Crippen LogP contribution in [0.2, 0.25) is 0 Å². The smallest absolute Gasteiger partial charge is 0.223 e. The maximum Gasteiger partial charge on any atom is 0.223 e. The van der Waals surface area contributed by atoms with Crippen molar-refractivity contribution in [1.82, 2.24) is 9.80 Å². The Morgan fingerprint density at radius 3 is 1.32 bits per heavy atom. The molecule has 2 aliphatic heterocycles. The van der Waals surface area contributed by atoms with E-state index in [-0.39, 0.29) is 7.43 Å². The summed E-state index contributed by atoms with van der Waals surface area (Å²) in [6, 6.07) is 0.965. The van der Waals surface area contributed by atoms with E-state index in [1.54, 1.807) is 0 Å². The molecular weight excluding hydrogens is 312 g/mol. The highest BCUT2D eigenvalue weighted by Crippen LogP contribution is 2.19. The van der Waals surface area contributed by atoms with Crippen LogP contribution in [0.3, 0.4) is 0 Å².